The maximum atomic E-state index is 13.6. The van der Waals surface area contributed by atoms with Crippen LogP contribution in [0.4, 0.5) is 0 Å². The number of Topliss-reactive ketones (excluding diaryl/α,β-unsaturated/α-hetero) is 1. The fourth-order valence-electron chi connectivity index (χ4n) is 5.67. The number of rotatable bonds is 14. The molecule has 2 heterocycles. The predicted octanol–water partition coefficient (Wildman–Crippen LogP) is 5.99. The summed E-state index contributed by atoms with van der Waals surface area (Å²) in [6.45, 7) is 16.4. The molecule has 228 valence electrons. The summed E-state index contributed by atoms with van der Waals surface area (Å²) in [5.74, 6) is 0.993. The highest BCUT2D eigenvalue weighted by Gasteiger charge is 2.46. The average molecular weight is 579 g/mol. The monoisotopic (exact) mass is 578 g/mol. The van der Waals surface area contributed by atoms with Gasteiger partial charge in [-0.3, -0.25) is 9.59 Å². The largest absolute Gasteiger partial charge is 0.507 e. The Kier molecular flexibility index (Phi) is 10.5. The molecule has 8 nitrogen and oxygen atoms in total. The van der Waals surface area contributed by atoms with Crippen LogP contribution in [0.15, 0.2) is 42.0 Å². The SMILES string of the molecule is CCOc1cc([C@H]2C(=C(O)c3ccc4c(c3)C[C@H](C)O4)C(=O)C(=O)N2CCCN(CC)CC)ccc1OCCC(C)C. The van der Waals surface area contributed by atoms with Crippen molar-refractivity contribution in [3.05, 3.63) is 58.7 Å². The number of carbonyl (C=O) groups excluding carboxylic acids is 2. The molecule has 1 saturated heterocycles. The topological polar surface area (TPSA) is 88.5 Å². The second-order valence-electron chi connectivity index (χ2n) is 11.5. The third-order valence-electron chi connectivity index (χ3n) is 8.01. The highest BCUT2D eigenvalue weighted by Crippen LogP contribution is 2.43. The first-order chi connectivity index (χ1) is 20.2. The van der Waals surface area contributed by atoms with E-state index in [0.717, 1.165) is 43.8 Å². The predicted molar refractivity (Wildman–Crippen MR) is 164 cm³/mol. The normalized spacial score (nSPS) is 19.5. The maximum absolute atomic E-state index is 13.6. The summed E-state index contributed by atoms with van der Waals surface area (Å²) < 4.78 is 17.8. The summed E-state index contributed by atoms with van der Waals surface area (Å²) in [5, 5.41) is 11.6. The van der Waals surface area contributed by atoms with Gasteiger partial charge in [-0.05, 0) is 93.7 Å². The third kappa shape index (κ3) is 6.92. The van der Waals surface area contributed by atoms with Crippen LogP contribution in [0.2, 0.25) is 0 Å². The second-order valence-corrected chi connectivity index (χ2v) is 11.5. The standard InChI is InChI=1S/C34H46N2O6/c1-7-35(8-2)16-10-17-36-31(24-11-14-28(29(21-24)40-9-3)41-18-15-22(4)5)30(33(38)34(36)39)32(37)25-12-13-27-26(20-25)19-23(6)42-27/h11-14,20-23,31,37H,7-10,15-19H2,1-6H3/t23-,31-/m0/s1. The van der Waals surface area contributed by atoms with Crippen LogP contribution in [0.1, 0.15) is 77.1 Å². The molecule has 2 aliphatic heterocycles. The number of hydrogen-bond acceptors (Lipinski definition) is 7. The molecule has 0 saturated carbocycles. The molecule has 0 radical (unpaired) electrons. The Balaban J connectivity index is 1.75. The average Bonchev–Trinajstić information content (AvgIpc) is 3.46. The molecule has 2 aromatic rings. The lowest BCUT2D eigenvalue weighted by atomic mass is 9.94. The molecule has 1 fully saturated rings. The molecule has 2 atom stereocenters. The molecular formula is C34H46N2O6. The number of likely N-dealkylation sites (tertiary alicyclic amines) is 1. The number of amides is 1. The number of fused-ring (bicyclic) bond motifs is 1. The van der Waals surface area contributed by atoms with E-state index in [2.05, 4.69) is 32.6 Å². The fourth-order valence-corrected chi connectivity index (χ4v) is 5.67. The van der Waals surface area contributed by atoms with Crippen LogP contribution in [-0.2, 0) is 16.0 Å². The molecule has 8 heteroatoms. The zero-order chi connectivity index (χ0) is 30.4. The Bertz CT molecular complexity index is 1300. The van der Waals surface area contributed by atoms with Gasteiger partial charge in [0.2, 0.25) is 0 Å². The molecule has 0 aliphatic carbocycles. The van der Waals surface area contributed by atoms with E-state index in [9.17, 15) is 14.7 Å². The molecule has 0 aromatic heterocycles. The van der Waals surface area contributed by atoms with Crippen molar-refractivity contribution in [2.75, 3.05) is 39.4 Å². The van der Waals surface area contributed by atoms with Gasteiger partial charge in [0.05, 0.1) is 24.8 Å². The minimum atomic E-state index is -0.756. The van der Waals surface area contributed by atoms with E-state index < -0.39 is 17.7 Å². The number of aliphatic hydroxyl groups excluding tert-OH is 1. The van der Waals surface area contributed by atoms with E-state index in [1.165, 1.54) is 0 Å². The summed E-state index contributed by atoms with van der Waals surface area (Å²) in [5.41, 5.74) is 2.25. The van der Waals surface area contributed by atoms with Gasteiger partial charge in [-0.25, -0.2) is 0 Å². The van der Waals surface area contributed by atoms with E-state index in [1.807, 2.05) is 44.2 Å². The van der Waals surface area contributed by atoms with Gasteiger partial charge in [0, 0.05) is 18.5 Å². The van der Waals surface area contributed by atoms with E-state index in [4.69, 9.17) is 14.2 Å². The van der Waals surface area contributed by atoms with Crippen LogP contribution in [0.3, 0.4) is 0 Å². The number of hydrogen-bond donors (Lipinski definition) is 1. The van der Waals surface area contributed by atoms with Crippen molar-refractivity contribution in [3.8, 4) is 17.2 Å². The fraction of sp³-hybridized carbons (Fsp3) is 0.529. The Morgan fingerprint density at radius 1 is 1.07 bits per heavy atom. The Labute approximate surface area is 250 Å². The molecule has 0 unspecified atom stereocenters. The first kappa shape index (κ1) is 31.4. The van der Waals surface area contributed by atoms with Crippen molar-refractivity contribution in [3.63, 3.8) is 0 Å². The minimum absolute atomic E-state index is 0.0482. The van der Waals surface area contributed by atoms with Crippen LogP contribution in [0.5, 0.6) is 17.2 Å². The lowest BCUT2D eigenvalue weighted by Crippen LogP contribution is -2.33. The summed E-state index contributed by atoms with van der Waals surface area (Å²) in [6.07, 6.45) is 2.38. The summed E-state index contributed by atoms with van der Waals surface area (Å²) in [7, 11) is 0. The Morgan fingerprint density at radius 3 is 2.52 bits per heavy atom. The van der Waals surface area contributed by atoms with Crippen molar-refractivity contribution in [2.24, 2.45) is 5.92 Å². The number of ether oxygens (including phenoxy) is 3. The molecule has 42 heavy (non-hydrogen) atoms. The summed E-state index contributed by atoms with van der Waals surface area (Å²) in [4.78, 5) is 31.0. The number of carbonyl (C=O) groups is 2. The molecule has 1 N–H and O–H groups in total. The molecular weight excluding hydrogens is 532 g/mol. The number of nitrogens with zero attached hydrogens (tertiary/aromatic N) is 2. The lowest BCUT2D eigenvalue weighted by Gasteiger charge is -2.27. The van der Waals surface area contributed by atoms with Gasteiger partial charge in [-0.15, -0.1) is 0 Å². The number of benzene rings is 2. The van der Waals surface area contributed by atoms with Gasteiger partial charge in [-0.1, -0.05) is 33.8 Å². The molecule has 0 spiro atoms. The quantitative estimate of drug-likeness (QED) is 0.167. The first-order valence-corrected chi connectivity index (χ1v) is 15.4. The van der Waals surface area contributed by atoms with Crippen molar-refractivity contribution in [1.82, 2.24) is 9.80 Å². The van der Waals surface area contributed by atoms with E-state index in [0.29, 0.717) is 54.7 Å². The Morgan fingerprint density at radius 2 is 1.83 bits per heavy atom. The van der Waals surface area contributed by atoms with Crippen molar-refractivity contribution in [1.29, 1.82) is 0 Å². The third-order valence-corrected chi connectivity index (χ3v) is 8.01. The van der Waals surface area contributed by atoms with Crippen LogP contribution in [0.25, 0.3) is 5.76 Å². The van der Waals surface area contributed by atoms with Crippen molar-refractivity contribution >= 4 is 17.4 Å². The van der Waals surface area contributed by atoms with Gasteiger partial charge in [0.15, 0.2) is 11.5 Å². The maximum Gasteiger partial charge on any atom is 0.295 e. The van der Waals surface area contributed by atoms with Gasteiger partial charge in [-0.2, -0.15) is 0 Å². The van der Waals surface area contributed by atoms with Gasteiger partial charge >= 0.3 is 0 Å². The van der Waals surface area contributed by atoms with E-state index in [-0.39, 0.29) is 17.4 Å². The second kappa shape index (κ2) is 14.1. The van der Waals surface area contributed by atoms with Crippen LogP contribution < -0.4 is 14.2 Å². The van der Waals surface area contributed by atoms with Crippen LogP contribution in [0, 0.1) is 5.92 Å². The number of aliphatic hydroxyl groups is 1. The zero-order valence-electron chi connectivity index (χ0n) is 25.9. The molecule has 4 rings (SSSR count). The molecule has 0 bridgehead atoms. The van der Waals surface area contributed by atoms with Crippen molar-refractivity contribution < 1.29 is 28.9 Å². The Hall–Kier alpha value is -3.52. The zero-order valence-corrected chi connectivity index (χ0v) is 25.9. The first-order valence-electron chi connectivity index (χ1n) is 15.4. The van der Waals surface area contributed by atoms with Crippen molar-refractivity contribution in [2.45, 2.75) is 73.0 Å². The van der Waals surface area contributed by atoms with Gasteiger partial charge in [0.25, 0.3) is 11.7 Å². The molecule has 1 amide bonds. The highest BCUT2D eigenvalue weighted by molar-refractivity contribution is 6.46. The number of ketones is 1. The van der Waals surface area contributed by atoms with Gasteiger partial charge < -0.3 is 29.1 Å². The lowest BCUT2D eigenvalue weighted by molar-refractivity contribution is -0.140. The minimum Gasteiger partial charge on any atom is -0.507 e. The van der Waals surface area contributed by atoms with Crippen LogP contribution >= 0.6 is 0 Å². The summed E-state index contributed by atoms with van der Waals surface area (Å²) in [6, 6.07) is 10.2. The molecule has 2 aliphatic rings. The smallest absolute Gasteiger partial charge is 0.295 e. The van der Waals surface area contributed by atoms with Gasteiger partial charge in [0.1, 0.15) is 17.6 Å². The summed E-state index contributed by atoms with van der Waals surface area (Å²) >= 11 is 0. The van der Waals surface area contributed by atoms with E-state index in [1.54, 1.807) is 11.0 Å². The van der Waals surface area contributed by atoms with E-state index >= 15 is 0 Å². The van der Waals surface area contributed by atoms with Crippen LogP contribution in [-0.4, -0.2) is 72.1 Å². The highest BCUT2D eigenvalue weighted by atomic mass is 16.5. The molecule has 2 aromatic carbocycles.